The Hall–Kier alpha value is -1.62. The van der Waals surface area contributed by atoms with Gasteiger partial charge in [0.1, 0.15) is 0 Å². The maximum atomic E-state index is 11.7. The third-order valence-corrected chi connectivity index (χ3v) is 3.52. The number of aromatic amines is 1. The zero-order chi connectivity index (χ0) is 14.4. The van der Waals surface area contributed by atoms with E-state index < -0.39 is 0 Å². The predicted molar refractivity (Wildman–Crippen MR) is 81.2 cm³/mol. The molecule has 0 fully saturated rings. The van der Waals surface area contributed by atoms with Gasteiger partial charge in [-0.05, 0) is 25.0 Å². The number of rotatable bonds is 6. The molecule has 2 aromatic rings. The van der Waals surface area contributed by atoms with Crippen molar-refractivity contribution in [2.75, 3.05) is 11.9 Å². The summed E-state index contributed by atoms with van der Waals surface area (Å²) in [7, 11) is 0. The Morgan fingerprint density at radius 2 is 2.15 bits per heavy atom. The fourth-order valence-corrected chi connectivity index (χ4v) is 2.58. The number of esters is 1. The van der Waals surface area contributed by atoms with E-state index >= 15 is 0 Å². The molecule has 106 valence electrons. The summed E-state index contributed by atoms with van der Waals surface area (Å²) in [5.41, 5.74) is 2.46. The number of nitrogens with one attached hydrogen (secondary N) is 1. The molecule has 5 heteroatoms. The van der Waals surface area contributed by atoms with Gasteiger partial charge in [-0.25, -0.2) is 4.79 Å². The van der Waals surface area contributed by atoms with Gasteiger partial charge < -0.3 is 4.74 Å². The number of H-pyrrole nitrogens is 1. The van der Waals surface area contributed by atoms with Crippen LogP contribution in [0.5, 0.6) is 0 Å². The molecule has 0 amide bonds. The largest absolute Gasteiger partial charge is 0.461 e. The molecule has 1 unspecified atom stereocenters. The number of benzene rings is 1. The van der Waals surface area contributed by atoms with Gasteiger partial charge in [-0.2, -0.15) is 5.10 Å². The van der Waals surface area contributed by atoms with Gasteiger partial charge in [0.2, 0.25) is 0 Å². The van der Waals surface area contributed by atoms with Crippen LogP contribution in [0.4, 0.5) is 0 Å². The van der Waals surface area contributed by atoms with Crippen molar-refractivity contribution >= 4 is 21.9 Å². The number of alkyl halides is 1. The van der Waals surface area contributed by atoms with E-state index in [2.05, 4.69) is 38.3 Å². The summed E-state index contributed by atoms with van der Waals surface area (Å²) in [6.07, 6.45) is 0.925. The molecule has 0 spiro atoms. The number of nitrogens with zero attached hydrogens (tertiary/aromatic N) is 1. The number of ether oxygens (including phenoxy) is 1. The fraction of sp³-hybridized carbons (Fsp3) is 0.333. The van der Waals surface area contributed by atoms with E-state index in [4.69, 9.17) is 4.74 Å². The molecule has 0 aliphatic heterocycles. The molecule has 0 radical (unpaired) electrons. The van der Waals surface area contributed by atoms with Gasteiger partial charge >= 0.3 is 5.97 Å². The smallest absolute Gasteiger partial charge is 0.358 e. The van der Waals surface area contributed by atoms with Crippen molar-refractivity contribution in [3.63, 3.8) is 0 Å². The molecule has 1 heterocycles. The zero-order valence-electron chi connectivity index (χ0n) is 11.3. The van der Waals surface area contributed by atoms with Gasteiger partial charge in [0.25, 0.3) is 0 Å². The van der Waals surface area contributed by atoms with E-state index in [1.165, 1.54) is 5.56 Å². The molecule has 20 heavy (non-hydrogen) atoms. The Bertz CT molecular complexity index is 554. The highest BCUT2D eigenvalue weighted by atomic mass is 79.9. The molecule has 0 saturated carbocycles. The van der Waals surface area contributed by atoms with E-state index in [1.54, 1.807) is 13.0 Å². The summed E-state index contributed by atoms with van der Waals surface area (Å²) >= 11 is 3.48. The van der Waals surface area contributed by atoms with Gasteiger partial charge in [0.15, 0.2) is 5.69 Å². The lowest BCUT2D eigenvalue weighted by molar-refractivity contribution is 0.0519. The second-order valence-corrected chi connectivity index (χ2v) is 5.16. The monoisotopic (exact) mass is 336 g/mol. The molecular weight excluding hydrogens is 320 g/mol. The van der Waals surface area contributed by atoms with Gasteiger partial charge in [-0.3, -0.25) is 5.10 Å². The first-order valence-corrected chi connectivity index (χ1v) is 7.71. The van der Waals surface area contributed by atoms with E-state index in [9.17, 15) is 4.79 Å². The van der Waals surface area contributed by atoms with Crippen LogP contribution in [0.2, 0.25) is 0 Å². The van der Waals surface area contributed by atoms with E-state index in [1.807, 2.05) is 18.2 Å². The fourth-order valence-electron chi connectivity index (χ4n) is 2.12. The van der Waals surface area contributed by atoms with E-state index in [0.29, 0.717) is 12.3 Å². The normalized spacial score (nSPS) is 12.1. The average molecular weight is 337 g/mol. The minimum absolute atomic E-state index is 0.186. The molecule has 1 aromatic heterocycles. The number of carbonyl (C=O) groups is 1. The Morgan fingerprint density at radius 1 is 1.40 bits per heavy atom. The molecule has 2 rings (SSSR count). The van der Waals surface area contributed by atoms with Crippen LogP contribution in [0.25, 0.3) is 0 Å². The van der Waals surface area contributed by atoms with Gasteiger partial charge in [-0.15, -0.1) is 0 Å². The summed E-state index contributed by atoms with van der Waals surface area (Å²) < 4.78 is 4.96. The van der Waals surface area contributed by atoms with Gasteiger partial charge in [-0.1, -0.05) is 46.3 Å². The lowest BCUT2D eigenvalue weighted by atomic mass is 9.93. The number of carbonyl (C=O) groups excluding carboxylic acids is 1. The minimum Gasteiger partial charge on any atom is -0.461 e. The Balaban J connectivity index is 2.24. The van der Waals surface area contributed by atoms with Crippen molar-refractivity contribution in [2.45, 2.75) is 19.3 Å². The standard InChI is InChI=1S/C15H17BrN2O2/c1-2-20-15(19)14-10-13(17-18-14)12(8-9-16)11-6-4-3-5-7-11/h3-7,10,12H,2,8-9H2,1H3,(H,17,18). The molecule has 1 atom stereocenters. The Kier molecular flexibility index (Phi) is 5.35. The molecular formula is C15H17BrN2O2. The van der Waals surface area contributed by atoms with Gasteiger partial charge in [0, 0.05) is 16.9 Å². The quantitative estimate of drug-likeness (QED) is 0.648. The van der Waals surface area contributed by atoms with Crippen LogP contribution in [-0.4, -0.2) is 28.1 Å². The molecule has 0 aliphatic carbocycles. The molecule has 0 aliphatic rings. The molecule has 4 nitrogen and oxygen atoms in total. The Morgan fingerprint density at radius 3 is 2.80 bits per heavy atom. The van der Waals surface area contributed by atoms with Crippen molar-refractivity contribution in [1.82, 2.24) is 10.2 Å². The van der Waals surface area contributed by atoms with Crippen LogP contribution in [0.15, 0.2) is 36.4 Å². The van der Waals surface area contributed by atoms with Crippen molar-refractivity contribution in [2.24, 2.45) is 0 Å². The second-order valence-electron chi connectivity index (χ2n) is 4.37. The van der Waals surface area contributed by atoms with Crippen LogP contribution in [0.3, 0.4) is 0 Å². The Labute approximate surface area is 126 Å². The summed E-state index contributed by atoms with van der Waals surface area (Å²) in [6.45, 7) is 2.13. The van der Waals surface area contributed by atoms with Crippen LogP contribution >= 0.6 is 15.9 Å². The van der Waals surface area contributed by atoms with Crippen LogP contribution < -0.4 is 0 Å². The van der Waals surface area contributed by atoms with Crippen LogP contribution in [-0.2, 0) is 4.74 Å². The van der Waals surface area contributed by atoms with E-state index in [-0.39, 0.29) is 11.9 Å². The van der Waals surface area contributed by atoms with Crippen molar-refractivity contribution in [3.8, 4) is 0 Å². The van der Waals surface area contributed by atoms with E-state index in [0.717, 1.165) is 17.4 Å². The molecule has 0 saturated heterocycles. The lowest BCUT2D eigenvalue weighted by Gasteiger charge is -2.14. The number of hydrogen-bond acceptors (Lipinski definition) is 3. The highest BCUT2D eigenvalue weighted by molar-refractivity contribution is 9.09. The first kappa shape index (κ1) is 14.8. The first-order valence-electron chi connectivity index (χ1n) is 6.59. The summed E-state index contributed by atoms with van der Waals surface area (Å²) in [5.74, 6) is -0.202. The first-order chi connectivity index (χ1) is 9.76. The number of aromatic nitrogens is 2. The number of hydrogen-bond donors (Lipinski definition) is 1. The highest BCUT2D eigenvalue weighted by Crippen LogP contribution is 2.27. The van der Waals surface area contributed by atoms with Crippen LogP contribution in [0, 0.1) is 0 Å². The predicted octanol–water partition coefficient (Wildman–Crippen LogP) is 3.50. The van der Waals surface area contributed by atoms with Gasteiger partial charge in [0.05, 0.1) is 6.61 Å². The maximum Gasteiger partial charge on any atom is 0.358 e. The maximum absolute atomic E-state index is 11.7. The second kappa shape index (κ2) is 7.24. The molecule has 1 aromatic carbocycles. The van der Waals surface area contributed by atoms with Crippen molar-refractivity contribution < 1.29 is 9.53 Å². The third-order valence-electron chi connectivity index (χ3n) is 3.06. The average Bonchev–Trinajstić information content (AvgIpc) is 2.95. The summed E-state index contributed by atoms with van der Waals surface area (Å²) in [4.78, 5) is 11.7. The lowest BCUT2D eigenvalue weighted by Crippen LogP contribution is -2.04. The highest BCUT2D eigenvalue weighted by Gasteiger charge is 2.19. The minimum atomic E-state index is -0.388. The summed E-state index contributed by atoms with van der Waals surface area (Å²) in [6, 6.07) is 12.0. The van der Waals surface area contributed by atoms with Crippen molar-refractivity contribution in [1.29, 1.82) is 0 Å². The number of halogens is 1. The summed E-state index contributed by atoms with van der Waals surface area (Å²) in [5, 5.41) is 7.88. The SMILES string of the molecule is CCOC(=O)c1cc(C(CCBr)c2ccccc2)[nH]n1. The molecule has 0 bridgehead atoms. The zero-order valence-corrected chi connectivity index (χ0v) is 12.9. The topological polar surface area (TPSA) is 55.0 Å². The van der Waals surface area contributed by atoms with Crippen LogP contribution in [0.1, 0.15) is 41.0 Å². The molecule has 1 N–H and O–H groups in total. The van der Waals surface area contributed by atoms with Crippen molar-refractivity contribution in [3.05, 3.63) is 53.3 Å². The third kappa shape index (κ3) is 3.48.